The molecule has 64 heavy (non-hydrogen) atoms. The van der Waals surface area contributed by atoms with Gasteiger partial charge in [0.05, 0.1) is 28.0 Å². The fraction of sp³-hybridized carbons (Fsp3) is 0.300. The second kappa shape index (κ2) is 16.1. The number of imidazole rings is 1. The molecule has 0 amide bonds. The second-order valence-electron chi connectivity index (χ2n) is 21.5. The summed E-state index contributed by atoms with van der Waals surface area (Å²) >= 11 is 0. The molecule has 0 radical (unpaired) electrons. The first-order chi connectivity index (χ1) is 32.4. The number of aromatic nitrogens is 3. The van der Waals surface area contributed by atoms with Crippen molar-refractivity contribution in [3.63, 3.8) is 0 Å². The van der Waals surface area contributed by atoms with E-state index in [1.54, 1.807) is 30.5 Å². The molecule has 0 spiro atoms. The van der Waals surface area contributed by atoms with Gasteiger partial charge in [0.2, 0.25) is 0 Å². The minimum absolute atomic E-state index is 0.0926. The number of aryl methyl sites for hydroxylation is 2. The Labute approximate surface area is 390 Å². The summed E-state index contributed by atoms with van der Waals surface area (Å²) < 4.78 is 51.2. The first-order valence-corrected chi connectivity index (χ1v) is 22.3. The summed E-state index contributed by atoms with van der Waals surface area (Å²) in [7, 11) is 0. The Morgan fingerprint density at radius 1 is 0.484 bits per heavy atom. The van der Waals surface area contributed by atoms with Gasteiger partial charge in [-0.05, 0) is 123 Å². The Hall–Kier alpha value is -6.26. The van der Waals surface area contributed by atoms with Crippen LogP contribution in [0.4, 0.5) is 0 Å². The van der Waals surface area contributed by atoms with Gasteiger partial charge in [-0.25, -0.2) is 4.98 Å². The standard InChI is InChI=1S/C60H65N3O/c1-37-18-21-39(22-19-37)41-28-29-61-51(34-41)43-31-42(32-45(33-43)58(6,7)8)47-16-15-17-53-54(47)62-56(49-35-46(59(9,10)11)36-50(55(49)64)60(12,13)14)63(53)52-27-20-38(2)30-48(52)40-23-25-44(26-24-40)57(3,4)5/h15-36,64H,1-14H3/i1D3,2D3. The molecular formula is C60H65N3O. The van der Waals surface area contributed by atoms with E-state index >= 15 is 0 Å². The number of pyridine rings is 1. The van der Waals surface area contributed by atoms with Crippen LogP contribution in [0.5, 0.6) is 5.75 Å². The van der Waals surface area contributed by atoms with Crippen molar-refractivity contribution in [2.75, 3.05) is 0 Å². The largest absolute Gasteiger partial charge is 0.507 e. The number of para-hydroxylation sites is 1. The quantitative estimate of drug-likeness (QED) is 0.181. The Bertz CT molecular complexity index is 3260. The lowest BCUT2D eigenvalue weighted by Gasteiger charge is -2.27. The van der Waals surface area contributed by atoms with Crippen LogP contribution in [0.25, 0.3) is 72.7 Å². The third kappa shape index (κ3) is 8.68. The summed E-state index contributed by atoms with van der Waals surface area (Å²) in [5, 5.41) is 12.6. The highest BCUT2D eigenvalue weighted by Crippen LogP contribution is 2.46. The molecule has 0 aliphatic heterocycles. The molecule has 0 bridgehead atoms. The summed E-state index contributed by atoms with van der Waals surface area (Å²) in [4.78, 5) is 10.5. The van der Waals surface area contributed by atoms with Gasteiger partial charge in [0.15, 0.2) is 0 Å². The lowest BCUT2D eigenvalue weighted by atomic mass is 9.79. The van der Waals surface area contributed by atoms with E-state index in [4.69, 9.17) is 18.2 Å². The zero-order chi connectivity index (χ0) is 51.1. The number of nitrogens with zero attached hydrogens (tertiary/aromatic N) is 3. The number of fused-ring (bicyclic) bond motifs is 1. The molecule has 0 aliphatic rings. The SMILES string of the molecule is [2H]C([2H])([2H])c1ccc(-c2ccnc(-c3cc(-c4cccc5c4nc(-c4cc(C(C)(C)C)cc(C(C)(C)C)c4O)n5-c4ccc(C([2H])([2H])[2H])cc4-c4ccc(C(C)(C)C)cc4)cc(C(C)(C)C)c3)c2)cc1. The van der Waals surface area contributed by atoms with Crippen molar-refractivity contribution in [1.29, 1.82) is 0 Å². The topological polar surface area (TPSA) is 50.9 Å². The molecule has 1 N–H and O–H groups in total. The molecule has 0 unspecified atom stereocenters. The van der Waals surface area contributed by atoms with Crippen LogP contribution in [0.15, 0.2) is 134 Å². The Balaban J connectivity index is 1.44. The van der Waals surface area contributed by atoms with Gasteiger partial charge in [0.25, 0.3) is 0 Å². The highest BCUT2D eigenvalue weighted by Gasteiger charge is 2.30. The van der Waals surface area contributed by atoms with Gasteiger partial charge in [-0.1, -0.05) is 173 Å². The molecule has 8 aromatic rings. The number of phenols is 1. The molecule has 0 saturated heterocycles. The highest BCUT2D eigenvalue weighted by atomic mass is 16.3. The van der Waals surface area contributed by atoms with Crippen molar-refractivity contribution >= 4 is 11.0 Å². The molecule has 4 heteroatoms. The third-order valence-electron chi connectivity index (χ3n) is 12.4. The van der Waals surface area contributed by atoms with Crippen LogP contribution in [-0.4, -0.2) is 19.6 Å². The van der Waals surface area contributed by atoms with E-state index in [-0.39, 0.29) is 33.1 Å². The summed E-state index contributed by atoms with van der Waals surface area (Å²) in [5.41, 5.74) is 13.2. The van der Waals surface area contributed by atoms with Crippen molar-refractivity contribution in [2.24, 2.45) is 0 Å². The molecule has 0 fully saturated rings. The van der Waals surface area contributed by atoms with Crippen molar-refractivity contribution in [2.45, 2.75) is 118 Å². The van der Waals surface area contributed by atoms with E-state index in [0.29, 0.717) is 16.9 Å². The van der Waals surface area contributed by atoms with Crippen molar-refractivity contribution in [3.05, 3.63) is 167 Å². The fourth-order valence-corrected chi connectivity index (χ4v) is 8.47. The maximum atomic E-state index is 12.6. The van der Waals surface area contributed by atoms with E-state index < -0.39 is 19.1 Å². The number of benzene rings is 6. The summed E-state index contributed by atoms with van der Waals surface area (Å²) in [5.74, 6) is 0.668. The van der Waals surface area contributed by atoms with E-state index in [2.05, 4.69) is 148 Å². The lowest BCUT2D eigenvalue weighted by molar-refractivity contribution is 0.446. The number of aromatic hydroxyl groups is 1. The predicted octanol–water partition coefficient (Wildman–Crippen LogP) is 16.3. The van der Waals surface area contributed by atoms with Crippen LogP contribution in [0, 0.1) is 13.7 Å². The maximum Gasteiger partial charge on any atom is 0.149 e. The number of hydrogen-bond donors (Lipinski definition) is 1. The molecule has 6 aromatic carbocycles. The van der Waals surface area contributed by atoms with Gasteiger partial charge in [0.1, 0.15) is 11.6 Å². The normalized spacial score (nSPS) is 14.4. The average Bonchev–Trinajstić information content (AvgIpc) is 3.66. The first-order valence-electron chi connectivity index (χ1n) is 25.3. The summed E-state index contributed by atoms with van der Waals surface area (Å²) in [6.45, 7) is 21.4. The number of hydrogen-bond acceptors (Lipinski definition) is 3. The molecule has 4 nitrogen and oxygen atoms in total. The Kier molecular flexibility index (Phi) is 9.33. The van der Waals surface area contributed by atoms with Crippen LogP contribution in [-0.2, 0) is 21.7 Å². The van der Waals surface area contributed by atoms with Crippen molar-refractivity contribution in [3.8, 4) is 67.5 Å². The first kappa shape index (κ1) is 37.1. The van der Waals surface area contributed by atoms with E-state index in [0.717, 1.165) is 78.1 Å². The average molecular weight is 850 g/mol. The van der Waals surface area contributed by atoms with Gasteiger partial charge in [0, 0.05) is 36.7 Å². The monoisotopic (exact) mass is 850 g/mol. The zero-order valence-electron chi connectivity index (χ0n) is 45.5. The molecule has 2 aromatic heterocycles. The van der Waals surface area contributed by atoms with Crippen LogP contribution >= 0.6 is 0 Å². The van der Waals surface area contributed by atoms with Crippen LogP contribution < -0.4 is 0 Å². The van der Waals surface area contributed by atoms with Gasteiger partial charge in [-0.2, -0.15) is 0 Å². The van der Waals surface area contributed by atoms with Gasteiger partial charge < -0.3 is 5.11 Å². The molecular weight excluding hydrogens is 779 g/mol. The highest BCUT2D eigenvalue weighted by molar-refractivity contribution is 5.98. The van der Waals surface area contributed by atoms with Gasteiger partial charge in [-0.3, -0.25) is 9.55 Å². The Morgan fingerprint density at radius 3 is 1.75 bits per heavy atom. The lowest BCUT2D eigenvalue weighted by Crippen LogP contribution is -2.17. The number of phenolic OH excluding ortho intramolecular Hbond substituents is 1. The maximum absolute atomic E-state index is 12.6. The van der Waals surface area contributed by atoms with Gasteiger partial charge >= 0.3 is 0 Å². The zero-order valence-corrected chi connectivity index (χ0v) is 39.5. The summed E-state index contributed by atoms with van der Waals surface area (Å²) in [6.07, 6.45) is 1.79. The Morgan fingerprint density at radius 2 is 1.11 bits per heavy atom. The predicted molar refractivity (Wildman–Crippen MR) is 272 cm³/mol. The van der Waals surface area contributed by atoms with E-state index in [1.807, 2.05) is 42.5 Å². The van der Waals surface area contributed by atoms with Crippen molar-refractivity contribution < 1.29 is 13.3 Å². The molecule has 0 aliphatic carbocycles. The third-order valence-corrected chi connectivity index (χ3v) is 12.4. The minimum Gasteiger partial charge on any atom is -0.507 e. The molecule has 8 rings (SSSR count). The van der Waals surface area contributed by atoms with Gasteiger partial charge in [-0.15, -0.1) is 0 Å². The summed E-state index contributed by atoms with van der Waals surface area (Å²) in [6, 6.07) is 41.6. The molecule has 0 atom stereocenters. The van der Waals surface area contributed by atoms with Crippen LogP contribution in [0.2, 0.25) is 0 Å². The molecule has 0 saturated carbocycles. The van der Waals surface area contributed by atoms with Crippen LogP contribution in [0.3, 0.4) is 0 Å². The number of rotatable bonds is 6. The van der Waals surface area contributed by atoms with Crippen LogP contribution in [0.1, 0.15) is 125 Å². The fourth-order valence-electron chi connectivity index (χ4n) is 8.47. The van der Waals surface area contributed by atoms with E-state index in [9.17, 15) is 5.11 Å². The van der Waals surface area contributed by atoms with E-state index in [1.165, 1.54) is 0 Å². The second-order valence-corrected chi connectivity index (χ2v) is 21.5. The molecule has 2 heterocycles. The molecule has 326 valence electrons. The smallest absolute Gasteiger partial charge is 0.149 e. The van der Waals surface area contributed by atoms with Crippen molar-refractivity contribution in [1.82, 2.24) is 14.5 Å². The minimum atomic E-state index is -2.36.